The number of hydrogen-bond acceptors (Lipinski definition) is 2. The lowest BCUT2D eigenvalue weighted by molar-refractivity contribution is 0.490. The van der Waals surface area contributed by atoms with E-state index in [0.717, 1.165) is 0 Å². The van der Waals surface area contributed by atoms with Crippen LogP contribution in [0, 0.1) is 0 Å². The monoisotopic (exact) mass is 164 g/mol. The van der Waals surface area contributed by atoms with Crippen molar-refractivity contribution < 1.29 is 10.2 Å². The molecule has 0 atom stereocenters. The summed E-state index contributed by atoms with van der Waals surface area (Å²) in [4.78, 5) is 0. The van der Waals surface area contributed by atoms with Crippen molar-refractivity contribution >= 4 is 11.5 Å². The van der Waals surface area contributed by atoms with Gasteiger partial charge in [0, 0.05) is 10.4 Å². The van der Waals surface area contributed by atoms with Crippen LogP contribution in [-0.4, -0.2) is 10.2 Å². The van der Waals surface area contributed by atoms with Gasteiger partial charge in [-0.15, -0.1) is 0 Å². The summed E-state index contributed by atoms with van der Waals surface area (Å²) < 4.78 is 0. The minimum absolute atomic E-state index is 0.221. The van der Waals surface area contributed by atoms with E-state index in [1.54, 1.807) is 26.0 Å². The lowest BCUT2D eigenvalue weighted by atomic mass is 10.2. The van der Waals surface area contributed by atoms with Gasteiger partial charge >= 0.3 is 0 Å². The zero-order valence-corrected chi connectivity index (χ0v) is 7.20. The molecule has 0 aromatic heterocycles. The molecule has 0 amide bonds. The number of benzene rings is 1. The highest BCUT2D eigenvalue weighted by atomic mass is 16.3. The van der Waals surface area contributed by atoms with Gasteiger partial charge in [0.25, 0.3) is 0 Å². The summed E-state index contributed by atoms with van der Waals surface area (Å²) in [5.74, 6) is 0.443. The number of hydrogen-bond donors (Lipinski definition) is 2. The van der Waals surface area contributed by atoms with Crippen LogP contribution >= 0.6 is 0 Å². The van der Waals surface area contributed by atoms with Crippen molar-refractivity contribution in [2.45, 2.75) is 13.8 Å². The van der Waals surface area contributed by atoms with E-state index in [1.807, 2.05) is 12.1 Å². The summed E-state index contributed by atoms with van der Waals surface area (Å²) in [5.41, 5.74) is 0. The Labute approximate surface area is 71.1 Å². The largest absolute Gasteiger partial charge is 0.512 e. The van der Waals surface area contributed by atoms with Crippen LogP contribution in [-0.2, 0) is 0 Å². The van der Waals surface area contributed by atoms with Gasteiger partial charge in [0.1, 0.15) is 0 Å². The van der Waals surface area contributed by atoms with Crippen molar-refractivity contribution in [2.24, 2.45) is 0 Å². The van der Waals surface area contributed by atoms with Gasteiger partial charge in [-0.3, -0.25) is 0 Å². The van der Waals surface area contributed by atoms with Crippen LogP contribution in [0.4, 0.5) is 0 Å². The minimum atomic E-state index is 0.221. The minimum Gasteiger partial charge on any atom is -0.512 e. The van der Waals surface area contributed by atoms with E-state index in [1.165, 1.54) is 0 Å². The Morgan fingerprint density at radius 3 is 1.50 bits per heavy atom. The van der Waals surface area contributed by atoms with Crippen molar-refractivity contribution in [3.05, 3.63) is 34.7 Å². The average molecular weight is 164 g/mol. The smallest absolute Gasteiger partial charge is 0.0971 e. The van der Waals surface area contributed by atoms with E-state index < -0.39 is 0 Å². The first-order valence-electron chi connectivity index (χ1n) is 3.77. The zero-order valence-electron chi connectivity index (χ0n) is 7.20. The molecule has 1 rings (SSSR count). The molecule has 0 aliphatic rings. The lowest BCUT2D eigenvalue weighted by Crippen LogP contribution is -2.27. The third-order valence-corrected chi connectivity index (χ3v) is 1.71. The summed E-state index contributed by atoms with van der Waals surface area (Å²) in [7, 11) is 0. The predicted molar refractivity (Wildman–Crippen MR) is 49.1 cm³/mol. The molecule has 0 spiro atoms. The molecule has 64 valence electrons. The van der Waals surface area contributed by atoms with E-state index in [2.05, 4.69) is 0 Å². The van der Waals surface area contributed by atoms with Crippen molar-refractivity contribution in [3.8, 4) is 0 Å². The van der Waals surface area contributed by atoms with E-state index >= 15 is 0 Å². The van der Waals surface area contributed by atoms with Crippen LogP contribution < -0.4 is 10.4 Å². The fraction of sp³-hybridized carbons (Fsp3) is 0.200. The van der Waals surface area contributed by atoms with Gasteiger partial charge in [0.15, 0.2) is 0 Å². The first-order valence-corrected chi connectivity index (χ1v) is 3.77. The third-order valence-electron chi connectivity index (χ3n) is 1.71. The maximum absolute atomic E-state index is 9.25. The SMILES string of the molecule is C/C(O)=c1/cccc/c1=C(/C)O. The normalized spacial score (nSPS) is 15.5. The van der Waals surface area contributed by atoms with Gasteiger partial charge < -0.3 is 10.2 Å². The fourth-order valence-corrected chi connectivity index (χ4v) is 1.11. The van der Waals surface area contributed by atoms with Crippen molar-refractivity contribution in [1.82, 2.24) is 0 Å². The highest BCUT2D eigenvalue weighted by Crippen LogP contribution is 1.82. The second-order valence-electron chi connectivity index (χ2n) is 2.72. The zero-order chi connectivity index (χ0) is 9.14. The first kappa shape index (κ1) is 8.65. The molecule has 0 bridgehead atoms. The third kappa shape index (κ3) is 1.59. The van der Waals surface area contributed by atoms with Crippen LogP contribution in [0.1, 0.15) is 13.8 Å². The Balaban J connectivity index is 3.75. The fourth-order valence-electron chi connectivity index (χ4n) is 1.11. The summed E-state index contributed by atoms with van der Waals surface area (Å²) in [6.07, 6.45) is 0. The number of aliphatic hydroxyl groups excluding tert-OH is 2. The molecular formula is C10H12O2. The molecule has 2 nitrogen and oxygen atoms in total. The van der Waals surface area contributed by atoms with Gasteiger partial charge in [-0.05, 0) is 13.8 Å². The van der Waals surface area contributed by atoms with Crippen LogP contribution in [0.15, 0.2) is 24.3 Å². The van der Waals surface area contributed by atoms with Crippen LogP contribution in [0.5, 0.6) is 0 Å². The topological polar surface area (TPSA) is 40.5 Å². The number of rotatable bonds is 0. The molecule has 12 heavy (non-hydrogen) atoms. The summed E-state index contributed by atoms with van der Waals surface area (Å²) in [6, 6.07) is 7.18. The molecule has 0 radical (unpaired) electrons. The van der Waals surface area contributed by atoms with Crippen molar-refractivity contribution in [2.75, 3.05) is 0 Å². The molecular weight excluding hydrogens is 152 g/mol. The van der Waals surface area contributed by atoms with Crippen LogP contribution in [0.2, 0.25) is 0 Å². The van der Waals surface area contributed by atoms with E-state index in [0.29, 0.717) is 10.4 Å². The van der Waals surface area contributed by atoms with Gasteiger partial charge in [0.05, 0.1) is 11.5 Å². The van der Waals surface area contributed by atoms with Gasteiger partial charge in [0.2, 0.25) is 0 Å². The van der Waals surface area contributed by atoms with Gasteiger partial charge in [-0.1, -0.05) is 24.3 Å². The Morgan fingerprint density at radius 2 is 1.25 bits per heavy atom. The maximum Gasteiger partial charge on any atom is 0.0971 e. The Kier molecular flexibility index (Phi) is 2.38. The lowest BCUT2D eigenvalue weighted by Gasteiger charge is -1.94. The summed E-state index contributed by atoms with van der Waals surface area (Å²) in [6.45, 7) is 3.20. The standard InChI is InChI=1S/C10H12O2/c1-7(11)9-5-3-4-6-10(9)8(2)12/h3-6,11-12H,1-2H3/b9-7+,10-8+. The molecule has 0 heterocycles. The quantitative estimate of drug-likeness (QED) is 0.602. The second kappa shape index (κ2) is 3.30. The molecule has 1 aromatic rings. The molecule has 0 saturated heterocycles. The Morgan fingerprint density at radius 1 is 0.917 bits per heavy atom. The number of aliphatic hydroxyl groups is 2. The highest BCUT2D eigenvalue weighted by Gasteiger charge is 1.91. The van der Waals surface area contributed by atoms with Gasteiger partial charge in [-0.2, -0.15) is 0 Å². The highest BCUT2D eigenvalue weighted by molar-refractivity contribution is 5.39. The van der Waals surface area contributed by atoms with Crippen LogP contribution in [0.3, 0.4) is 0 Å². The molecule has 0 unspecified atom stereocenters. The van der Waals surface area contributed by atoms with Gasteiger partial charge in [-0.25, -0.2) is 0 Å². The van der Waals surface area contributed by atoms with Crippen molar-refractivity contribution in [1.29, 1.82) is 0 Å². The first-order chi connectivity index (χ1) is 5.63. The second-order valence-corrected chi connectivity index (χ2v) is 2.72. The molecule has 0 fully saturated rings. The maximum atomic E-state index is 9.25. The molecule has 0 aliphatic carbocycles. The Bertz CT molecular complexity index is 344. The summed E-state index contributed by atoms with van der Waals surface area (Å²) in [5, 5.41) is 19.8. The Hall–Kier alpha value is -1.44. The van der Waals surface area contributed by atoms with E-state index in [-0.39, 0.29) is 11.5 Å². The van der Waals surface area contributed by atoms with Crippen LogP contribution in [0.25, 0.3) is 11.5 Å². The van der Waals surface area contributed by atoms with Crippen molar-refractivity contribution in [3.63, 3.8) is 0 Å². The molecule has 2 heteroatoms. The average Bonchev–Trinajstić information content (AvgIpc) is 2.04. The molecule has 0 aliphatic heterocycles. The van der Waals surface area contributed by atoms with E-state index in [9.17, 15) is 10.2 Å². The molecule has 2 N–H and O–H groups in total. The van der Waals surface area contributed by atoms with E-state index in [4.69, 9.17) is 0 Å². The molecule has 1 aromatic carbocycles. The predicted octanol–water partition coefficient (Wildman–Crippen LogP) is 1.06. The molecule has 0 saturated carbocycles. The summed E-state index contributed by atoms with van der Waals surface area (Å²) >= 11 is 0.